The lowest BCUT2D eigenvalue weighted by molar-refractivity contribution is 0.218. The number of anilines is 1. The highest BCUT2D eigenvalue weighted by Gasteiger charge is 2.33. The molecule has 158 valence electrons. The van der Waals surface area contributed by atoms with E-state index in [0.29, 0.717) is 24.1 Å². The first-order valence-corrected chi connectivity index (χ1v) is 11.7. The molecule has 2 N–H and O–H groups in total. The first-order valence-electron chi connectivity index (χ1n) is 10.8. The highest BCUT2D eigenvalue weighted by molar-refractivity contribution is 7.17. The lowest BCUT2D eigenvalue weighted by Crippen LogP contribution is -2.54. The molecule has 0 radical (unpaired) electrons. The number of hydrogen-bond donors (Lipinski definition) is 2. The fourth-order valence-electron chi connectivity index (χ4n) is 5.05. The van der Waals surface area contributed by atoms with Gasteiger partial charge >= 0.3 is 0 Å². The van der Waals surface area contributed by atoms with Crippen LogP contribution in [-0.2, 0) is 0 Å². The Kier molecular flexibility index (Phi) is 4.65. The molecule has 0 spiro atoms. The van der Waals surface area contributed by atoms with Gasteiger partial charge in [0, 0.05) is 48.1 Å². The number of thiazole rings is 1. The number of aromatic nitrogens is 6. The third kappa shape index (κ3) is 3.37. The molecule has 9 heteroatoms. The highest BCUT2D eigenvalue weighted by Crippen LogP contribution is 2.36. The van der Waals surface area contributed by atoms with Gasteiger partial charge in [-0.15, -0.1) is 21.5 Å². The molecular formula is C22H24N8S. The maximum atomic E-state index is 4.69. The SMILES string of the molecule is CN(c1ncc(-c2ccc(-c3cn[nH]c3)c3ncsc23)nn1)C1C[C@H]2CCC[C@@H](C1)N2. The molecule has 6 rings (SSSR count). The first kappa shape index (κ1) is 18.8. The summed E-state index contributed by atoms with van der Waals surface area (Å²) >= 11 is 1.61. The Labute approximate surface area is 184 Å². The molecule has 0 aliphatic carbocycles. The highest BCUT2D eigenvalue weighted by atomic mass is 32.1. The van der Waals surface area contributed by atoms with Crippen LogP contribution in [0.2, 0.25) is 0 Å². The molecule has 31 heavy (non-hydrogen) atoms. The molecule has 0 amide bonds. The molecule has 2 bridgehead atoms. The lowest BCUT2D eigenvalue weighted by Gasteiger charge is -2.43. The van der Waals surface area contributed by atoms with Crippen molar-refractivity contribution in [2.75, 3.05) is 11.9 Å². The van der Waals surface area contributed by atoms with Crippen LogP contribution >= 0.6 is 11.3 Å². The number of nitrogens with one attached hydrogen (secondary N) is 2. The van der Waals surface area contributed by atoms with E-state index < -0.39 is 0 Å². The zero-order chi connectivity index (χ0) is 20.8. The molecule has 4 aromatic rings. The average molecular weight is 433 g/mol. The van der Waals surface area contributed by atoms with Crippen LogP contribution in [0.1, 0.15) is 32.1 Å². The number of piperidine rings is 2. The third-order valence-corrected chi connectivity index (χ3v) is 7.53. The van der Waals surface area contributed by atoms with Crippen molar-refractivity contribution in [3.05, 3.63) is 36.2 Å². The van der Waals surface area contributed by atoms with Crippen LogP contribution in [0.4, 0.5) is 5.95 Å². The van der Waals surface area contributed by atoms with Gasteiger partial charge in [0.15, 0.2) is 0 Å². The van der Waals surface area contributed by atoms with E-state index in [-0.39, 0.29) is 0 Å². The molecule has 3 atom stereocenters. The summed E-state index contributed by atoms with van der Waals surface area (Å²) in [6.07, 6.45) is 11.7. The predicted octanol–water partition coefficient (Wildman–Crippen LogP) is 3.65. The van der Waals surface area contributed by atoms with Gasteiger partial charge in [-0.3, -0.25) is 5.10 Å². The molecule has 5 heterocycles. The van der Waals surface area contributed by atoms with Gasteiger partial charge in [-0.25, -0.2) is 9.97 Å². The van der Waals surface area contributed by atoms with Crippen molar-refractivity contribution in [1.82, 2.24) is 35.7 Å². The van der Waals surface area contributed by atoms with Crippen LogP contribution in [0, 0.1) is 0 Å². The van der Waals surface area contributed by atoms with Gasteiger partial charge < -0.3 is 10.2 Å². The zero-order valence-electron chi connectivity index (χ0n) is 17.3. The van der Waals surface area contributed by atoms with Crippen LogP contribution in [0.3, 0.4) is 0 Å². The Balaban J connectivity index is 1.28. The lowest BCUT2D eigenvalue weighted by atomic mass is 9.83. The van der Waals surface area contributed by atoms with E-state index in [9.17, 15) is 0 Å². The number of nitrogens with zero attached hydrogens (tertiary/aromatic N) is 6. The molecule has 1 aromatic carbocycles. The predicted molar refractivity (Wildman–Crippen MR) is 122 cm³/mol. The van der Waals surface area contributed by atoms with Crippen molar-refractivity contribution >= 4 is 27.5 Å². The second-order valence-electron chi connectivity index (χ2n) is 8.55. The molecule has 2 saturated heterocycles. The molecule has 1 unspecified atom stereocenters. The zero-order valence-corrected chi connectivity index (χ0v) is 18.1. The summed E-state index contributed by atoms with van der Waals surface area (Å²) in [5.74, 6) is 0.698. The molecule has 2 fully saturated rings. The molecule has 8 nitrogen and oxygen atoms in total. The molecule has 0 saturated carbocycles. The number of H-pyrrole nitrogens is 1. The average Bonchev–Trinajstić information content (AvgIpc) is 3.50. The van der Waals surface area contributed by atoms with Crippen molar-refractivity contribution in [3.63, 3.8) is 0 Å². The van der Waals surface area contributed by atoms with Crippen molar-refractivity contribution < 1.29 is 0 Å². The van der Waals surface area contributed by atoms with Crippen LogP contribution in [0.5, 0.6) is 0 Å². The maximum absolute atomic E-state index is 4.69. The van der Waals surface area contributed by atoms with Crippen LogP contribution in [-0.4, -0.2) is 55.5 Å². The minimum Gasteiger partial charge on any atom is -0.339 e. The minimum absolute atomic E-state index is 0.464. The van der Waals surface area contributed by atoms with E-state index in [4.69, 9.17) is 0 Å². The van der Waals surface area contributed by atoms with Gasteiger partial charge in [-0.05, 0) is 25.7 Å². The molecule has 2 aliphatic rings. The van der Waals surface area contributed by atoms with Gasteiger partial charge in [-0.1, -0.05) is 18.6 Å². The summed E-state index contributed by atoms with van der Waals surface area (Å²) in [4.78, 5) is 11.5. The van der Waals surface area contributed by atoms with Crippen LogP contribution in [0.15, 0.2) is 36.2 Å². The fraction of sp³-hybridized carbons (Fsp3) is 0.409. The van der Waals surface area contributed by atoms with Crippen molar-refractivity contribution in [2.24, 2.45) is 0 Å². The standard InChI is InChI=1S/C22H24N8S/c1-30(16-7-14-3-2-4-15(8-16)27-14)22-23-11-19(28-29-22)18-6-5-17(13-9-25-26-10-13)20-21(18)31-12-24-20/h5-6,9-12,14-16,27H,2-4,7-8H2,1H3,(H,25,26)/t14-,15+,16?. The Bertz CT molecular complexity index is 1170. The second-order valence-corrected chi connectivity index (χ2v) is 9.40. The number of benzene rings is 1. The van der Waals surface area contributed by atoms with Crippen molar-refractivity contribution in [1.29, 1.82) is 0 Å². The minimum atomic E-state index is 0.464. The summed E-state index contributed by atoms with van der Waals surface area (Å²) < 4.78 is 1.09. The summed E-state index contributed by atoms with van der Waals surface area (Å²) in [6.45, 7) is 0. The van der Waals surface area contributed by atoms with Gasteiger partial charge in [0.05, 0.1) is 28.1 Å². The molecule has 2 aliphatic heterocycles. The Morgan fingerprint density at radius 1 is 1.03 bits per heavy atom. The Morgan fingerprint density at radius 2 is 1.87 bits per heavy atom. The second kappa shape index (κ2) is 7.65. The smallest absolute Gasteiger partial charge is 0.245 e. The van der Waals surface area contributed by atoms with E-state index in [0.717, 1.165) is 45.4 Å². The summed E-state index contributed by atoms with van der Waals surface area (Å²) in [7, 11) is 2.10. The van der Waals surface area contributed by atoms with Gasteiger partial charge in [0.2, 0.25) is 5.95 Å². The largest absolute Gasteiger partial charge is 0.339 e. The normalized spacial score (nSPS) is 23.2. The molecular weight excluding hydrogens is 408 g/mol. The Morgan fingerprint density at radius 3 is 2.61 bits per heavy atom. The quantitative estimate of drug-likeness (QED) is 0.508. The number of aromatic amines is 1. The Hall–Kier alpha value is -2.91. The third-order valence-electron chi connectivity index (χ3n) is 6.67. The van der Waals surface area contributed by atoms with E-state index in [2.05, 4.69) is 59.8 Å². The summed E-state index contributed by atoms with van der Waals surface area (Å²) in [5, 5.41) is 19.7. The van der Waals surface area contributed by atoms with Gasteiger partial charge in [0.1, 0.15) is 5.69 Å². The van der Waals surface area contributed by atoms with E-state index in [1.54, 1.807) is 11.3 Å². The topological polar surface area (TPSA) is 95.5 Å². The van der Waals surface area contributed by atoms with E-state index in [1.165, 1.54) is 19.3 Å². The summed E-state index contributed by atoms with van der Waals surface area (Å²) in [6, 6.07) is 5.86. The fourth-order valence-corrected chi connectivity index (χ4v) is 5.89. The first-order chi connectivity index (χ1) is 15.3. The number of fused-ring (bicyclic) bond motifs is 3. The van der Waals surface area contributed by atoms with Gasteiger partial charge in [-0.2, -0.15) is 5.10 Å². The maximum Gasteiger partial charge on any atom is 0.245 e. The number of rotatable bonds is 4. The van der Waals surface area contributed by atoms with Crippen LogP contribution < -0.4 is 10.2 Å². The number of hydrogen-bond acceptors (Lipinski definition) is 8. The monoisotopic (exact) mass is 432 g/mol. The van der Waals surface area contributed by atoms with Crippen LogP contribution in [0.25, 0.3) is 32.6 Å². The van der Waals surface area contributed by atoms with Gasteiger partial charge in [0.25, 0.3) is 0 Å². The molecule has 3 aromatic heterocycles. The van der Waals surface area contributed by atoms with E-state index >= 15 is 0 Å². The van der Waals surface area contributed by atoms with E-state index in [1.807, 2.05) is 24.1 Å². The summed E-state index contributed by atoms with van der Waals surface area (Å²) in [5.41, 5.74) is 6.68. The van der Waals surface area contributed by atoms with Crippen molar-refractivity contribution in [3.8, 4) is 22.4 Å². The van der Waals surface area contributed by atoms with Crippen molar-refractivity contribution in [2.45, 2.75) is 50.2 Å².